The molecule has 0 bridgehead atoms. The van der Waals surface area contributed by atoms with E-state index in [2.05, 4.69) is 193 Å². The topological polar surface area (TPSA) is 16.4 Å². The first-order valence-electron chi connectivity index (χ1n) is 17.3. The van der Waals surface area contributed by atoms with Gasteiger partial charge in [-0.2, -0.15) is 0 Å². The number of nitrogens with zero attached hydrogens (tertiary/aromatic N) is 1. The van der Waals surface area contributed by atoms with Crippen molar-refractivity contribution >= 4 is 70.5 Å². The van der Waals surface area contributed by atoms with Crippen molar-refractivity contribution in [3.05, 3.63) is 188 Å². The number of hydrogen-bond donors (Lipinski definition) is 0. The molecule has 2 heterocycles. The first kappa shape index (κ1) is 29.5. The minimum Gasteiger partial charge on any atom is -0.455 e. The molecule has 0 spiro atoms. The Morgan fingerprint density at radius 1 is 0.373 bits per heavy atom. The summed E-state index contributed by atoms with van der Waals surface area (Å²) in [5, 5.41) is 4.77. The van der Waals surface area contributed by atoms with E-state index in [9.17, 15) is 0 Å². The van der Waals surface area contributed by atoms with Crippen molar-refractivity contribution in [3.8, 4) is 33.4 Å². The van der Waals surface area contributed by atoms with E-state index in [1.807, 2.05) is 11.3 Å². The standard InChI is InChI=1S/C48H31NOS/c1-4-13-32(14-5-1)33-25-27-36(28-26-33)49(37-29-30-40-41-21-10-19-38(34-15-6-2-7-16-34)46(41)50-45(40)31-37)44-24-12-23-43-42-22-11-20-39(47(42)51-48(43)44)35-17-8-3-9-18-35/h1-31H. The second-order valence-electron chi connectivity index (χ2n) is 12.9. The number of para-hydroxylation sites is 1. The van der Waals surface area contributed by atoms with Gasteiger partial charge in [0.15, 0.2) is 0 Å². The molecule has 2 nitrogen and oxygen atoms in total. The van der Waals surface area contributed by atoms with Gasteiger partial charge in [0.1, 0.15) is 11.2 Å². The molecule has 51 heavy (non-hydrogen) atoms. The van der Waals surface area contributed by atoms with Crippen molar-refractivity contribution in [2.24, 2.45) is 0 Å². The van der Waals surface area contributed by atoms with Gasteiger partial charge >= 0.3 is 0 Å². The number of fused-ring (bicyclic) bond motifs is 6. The van der Waals surface area contributed by atoms with E-state index in [0.717, 1.165) is 50.1 Å². The van der Waals surface area contributed by atoms with E-state index >= 15 is 0 Å². The lowest BCUT2D eigenvalue weighted by Gasteiger charge is -2.26. The summed E-state index contributed by atoms with van der Waals surface area (Å²) in [6.45, 7) is 0. The van der Waals surface area contributed by atoms with Gasteiger partial charge in [-0.15, -0.1) is 11.3 Å². The highest BCUT2D eigenvalue weighted by atomic mass is 32.1. The minimum absolute atomic E-state index is 0.867. The molecule has 0 saturated heterocycles. The molecule has 0 atom stereocenters. The Morgan fingerprint density at radius 3 is 1.63 bits per heavy atom. The van der Waals surface area contributed by atoms with Crippen LogP contribution in [0.4, 0.5) is 17.1 Å². The summed E-state index contributed by atoms with van der Waals surface area (Å²) in [6, 6.07) is 67.2. The fourth-order valence-electron chi connectivity index (χ4n) is 7.46. The van der Waals surface area contributed by atoms with Crippen LogP contribution in [0.1, 0.15) is 0 Å². The maximum absolute atomic E-state index is 6.75. The van der Waals surface area contributed by atoms with E-state index in [-0.39, 0.29) is 0 Å². The number of anilines is 3. The predicted molar refractivity (Wildman–Crippen MR) is 218 cm³/mol. The third-order valence-electron chi connectivity index (χ3n) is 9.89. The molecular weight excluding hydrogens is 639 g/mol. The highest BCUT2D eigenvalue weighted by Crippen LogP contribution is 2.48. The summed E-state index contributed by atoms with van der Waals surface area (Å²) in [5.41, 5.74) is 12.2. The molecule has 0 radical (unpaired) electrons. The monoisotopic (exact) mass is 669 g/mol. The highest BCUT2D eigenvalue weighted by Gasteiger charge is 2.21. The summed E-state index contributed by atoms with van der Waals surface area (Å²) in [6.07, 6.45) is 0. The van der Waals surface area contributed by atoms with Crippen LogP contribution >= 0.6 is 11.3 Å². The SMILES string of the molecule is c1ccc(-c2ccc(N(c3ccc4c(c3)oc3c(-c5ccccc5)cccc34)c3cccc4c3sc3c(-c5ccccc5)cccc34)cc2)cc1. The zero-order chi connectivity index (χ0) is 33.7. The van der Waals surface area contributed by atoms with Crippen molar-refractivity contribution in [1.29, 1.82) is 0 Å². The zero-order valence-corrected chi connectivity index (χ0v) is 28.5. The van der Waals surface area contributed by atoms with Crippen molar-refractivity contribution < 1.29 is 4.42 Å². The molecule has 0 amide bonds. The lowest BCUT2D eigenvalue weighted by molar-refractivity contribution is 0.670. The molecule has 10 aromatic rings. The summed E-state index contributed by atoms with van der Waals surface area (Å²) in [5.74, 6) is 0. The molecule has 3 heteroatoms. The summed E-state index contributed by atoms with van der Waals surface area (Å²) >= 11 is 1.87. The van der Waals surface area contributed by atoms with Crippen LogP contribution in [0.2, 0.25) is 0 Å². The van der Waals surface area contributed by atoms with Crippen LogP contribution in [0.3, 0.4) is 0 Å². The van der Waals surface area contributed by atoms with E-state index in [0.29, 0.717) is 0 Å². The minimum atomic E-state index is 0.867. The molecule has 2 aromatic heterocycles. The second kappa shape index (κ2) is 12.2. The Labute approximate surface area is 300 Å². The van der Waals surface area contributed by atoms with Crippen LogP contribution in [0.5, 0.6) is 0 Å². The fraction of sp³-hybridized carbons (Fsp3) is 0. The lowest BCUT2D eigenvalue weighted by atomic mass is 10.0. The molecule has 0 fully saturated rings. The third-order valence-corrected chi connectivity index (χ3v) is 11.2. The molecule has 0 aliphatic heterocycles. The van der Waals surface area contributed by atoms with E-state index in [1.165, 1.54) is 42.4 Å². The molecule has 8 aromatic carbocycles. The molecule has 10 rings (SSSR count). The summed E-state index contributed by atoms with van der Waals surface area (Å²) in [4.78, 5) is 2.39. The van der Waals surface area contributed by atoms with E-state index in [4.69, 9.17) is 4.42 Å². The number of rotatable bonds is 6. The van der Waals surface area contributed by atoms with Crippen LogP contribution in [0.15, 0.2) is 192 Å². The molecule has 0 unspecified atom stereocenters. The average Bonchev–Trinajstić information content (AvgIpc) is 3.78. The van der Waals surface area contributed by atoms with Gasteiger partial charge in [0, 0.05) is 49.2 Å². The molecule has 0 saturated carbocycles. The molecular formula is C48H31NOS. The van der Waals surface area contributed by atoms with Crippen molar-refractivity contribution in [2.75, 3.05) is 4.90 Å². The molecule has 0 N–H and O–H groups in total. The van der Waals surface area contributed by atoms with Crippen molar-refractivity contribution in [3.63, 3.8) is 0 Å². The first-order chi connectivity index (χ1) is 25.3. The van der Waals surface area contributed by atoms with Gasteiger partial charge in [-0.05, 0) is 58.1 Å². The Kier molecular flexibility index (Phi) is 7.04. The van der Waals surface area contributed by atoms with Gasteiger partial charge in [0.05, 0.1) is 10.4 Å². The fourth-order valence-corrected chi connectivity index (χ4v) is 8.80. The first-order valence-corrected chi connectivity index (χ1v) is 18.1. The van der Waals surface area contributed by atoms with Crippen molar-refractivity contribution in [1.82, 2.24) is 0 Å². The van der Waals surface area contributed by atoms with Gasteiger partial charge in [0.25, 0.3) is 0 Å². The maximum atomic E-state index is 6.75. The normalized spacial score (nSPS) is 11.5. The van der Waals surface area contributed by atoms with Gasteiger partial charge in [0.2, 0.25) is 0 Å². The Hall–Kier alpha value is -6.42. The lowest BCUT2D eigenvalue weighted by Crippen LogP contribution is -2.10. The predicted octanol–water partition coefficient (Wildman–Crippen LogP) is 14.4. The zero-order valence-electron chi connectivity index (χ0n) is 27.7. The largest absolute Gasteiger partial charge is 0.455 e. The third kappa shape index (κ3) is 5.01. The molecule has 0 aliphatic rings. The summed E-state index contributed by atoms with van der Waals surface area (Å²) < 4.78 is 9.30. The quantitative estimate of drug-likeness (QED) is 0.175. The Morgan fingerprint density at radius 2 is 0.922 bits per heavy atom. The van der Waals surface area contributed by atoms with Gasteiger partial charge in [-0.25, -0.2) is 0 Å². The number of furan rings is 1. The van der Waals surface area contributed by atoms with Crippen molar-refractivity contribution in [2.45, 2.75) is 0 Å². The van der Waals surface area contributed by atoms with E-state index < -0.39 is 0 Å². The van der Waals surface area contributed by atoms with E-state index in [1.54, 1.807) is 0 Å². The number of thiophene rings is 1. The maximum Gasteiger partial charge on any atom is 0.143 e. The van der Waals surface area contributed by atoms with Gasteiger partial charge in [-0.1, -0.05) is 152 Å². The highest BCUT2D eigenvalue weighted by molar-refractivity contribution is 7.27. The molecule has 0 aliphatic carbocycles. The second-order valence-corrected chi connectivity index (χ2v) is 13.9. The van der Waals surface area contributed by atoms with Crippen LogP contribution in [-0.2, 0) is 0 Å². The smallest absolute Gasteiger partial charge is 0.143 e. The molecule has 240 valence electrons. The van der Waals surface area contributed by atoms with Crippen LogP contribution < -0.4 is 4.90 Å². The summed E-state index contributed by atoms with van der Waals surface area (Å²) in [7, 11) is 0. The Bertz CT molecular complexity index is 2840. The van der Waals surface area contributed by atoms with Gasteiger partial charge < -0.3 is 9.32 Å². The van der Waals surface area contributed by atoms with Crippen LogP contribution in [0.25, 0.3) is 75.5 Å². The Balaban J connectivity index is 1.19. The average molecular weight is 670 g/mol. The van der Waals surface area contributed by atoms with Crippen LogP contribution in [0, 0.1) is 0 Å². The van der Waals surface area contributed by atoms with Crippen LogP contribution in [-0.4, -0.2) is 0 Å². The number of benzene rings is 8. The number of hydrogen-bond acceptors (Lipinski definition) is 3. The van der Waals surface area contributed by atoms with Gasteiger partial charge in [-0.3, -0.25) is 0 Å².